The maximum Gasteiger partial charge on any atom is 0.573 e. The van der Waals surface area contributed by atoms with Crippen LogP contribution in [0.15, 0.2) is 90.2 Å². The molecule has 1 aromatic heterocycles. The summed E-state index contributed by atoms with van der Waals surface area (Å²) < 4.78 is 43.4. The molecule has 0 aliphatic rings. The first-order chi connectivity index (χ1) is 16.3. The molecular formula is C25H20F3N3O2S. The molecule has 9 heteroatoms. The van der Waals surface area contributed by atoms with E-state index in [4.69, 9.17) is 0 Å². The number of nitrogens with one attached hydrogen (secondary N) is 1. The maximum absolute atomic E-state index is 12.5. The van der Waals surface area contributed by atoms with Crippen molar-refractivity contribution in [2.24, 2.45) is 0 Å². The maximum atomic E-state index is 12.5. The predicted octanol–water partition coefficient (Wildman–Crippen LogP) is 6.48. The van der Waals surface area contributed by atoms with E-state index in [1.807, 2.05) is 61.5 Å². The fourth-order valence-corrected chi connectivity index (χ4v) is 4.05. The van der Waals surface area contributed by atoms with Gasteiger partial charge in [0, 0.05) is 16.9 Å². The summed E-state index contributed by atoms with van der Waals surface area (Å²) in [5.74, 6) is -0.406. The predicted molar refractivity (Wildman–Crippen MR) is 126 cm³/mol. The number of hydrogen-bond donors (Lipinski definition) is 1. The van der Waals surface area contributed by atoms with Gasteiger partial charge in [-0.25, -0.2) is 4.98 Å². The van der Waals surface area contributed by atoms with Crippen molar-refractivity contribution in [3.8, 4) is 22.7 Å². The van der Waals surface area contributed by atoms with Crippen LogP contribution in [0.1, 0.15) is 5.56 Å². The molecule has 1 heterocycles. The monoisotopic (exact) mass is 483 g/mol. The molecule has 0 saturated carbocycles. The van der Waals surface area contributed by atoms with Crippen molar-refractivity contribution in [3.05, 3.63) is 90.6 Å². The Labute approximate surface area is 198 Å². The van der Waals surface area contributed by atoms with Gasteiger partial charge in [-0.3, -0.25) is 9.36 Å². The average Bonchev–Trinajstić information content (AvgIpc) is 3.23. The van der Waals surface area contributed by atoms with Crippen LogP contribution in [0.5, 0.6) is 5.75 Å². The molecule has 3 aromatic carbocycles. The molecule has 4 aromatic rings. The highest BCUT2D eigenvalue weighted by molar-refractivity contribution is 7.99. The van der Waals surface area contributed by atoms with Crippen LogP contribution in [0, 0.1) is 6.92 Å². The van der Waals surface area contributed by atoms with E-state index in [1.54, 1.807) is 10.8 Å². The van der Waals surface area contributed by atoms with Crippen molar-refractivity contribution in [1.29, 1.82) is 0 Å². The first-order valence-electron chi connectivity index (χ1n) is 10.3. The molecule has 4 rings (SSSR count). The Hall–Kier alpha value is -3.72. The van der Waals surface area contributed by atoms with Crippen molar-refractivity contribution in [1.82, 2.24) is 9.55 Å². The number of ether oxygens (including phenoxy) is 1. The highest BCUT2D eigenvalue weighted by Crippen LogP contribution is 2.31. The third-order valence-electron chi connectivity index (χ3n) is 4.80. The van der Waals surface area contributed by atoms with E-state index in [0.29, 0.717) is 16.5 Å². The summed E-state index contributed by atoms with van der Waals surface area (Å²) in [4.78, 5) is 17.0. The molecule has 0 fully saturated rings. The highest BCUT2D eigenvalue weighted by Gasteiger charge is 2.31. The fourth-order valence-electron chi connectivity index (χ4n) is 3.26. The number of alkyl halides is 3. The Morgan fingerprint density at radius 1 is 1.00 bits per heavy atom. The van der Waals surface area contributed by atoms with E-state index in [9.17, 15) is 18.0 Å². The Morgan fingerprint density at radius 3 is 2.32 bits per heavy atom. The highest BCUT2D eigenvalue weighted by atomic mass is 32.2. The van der Waals surface area contributed by atoms with E-state index in [0.717, 1.165) is 16.8 Å². The zero-order chi connectivity index (χ0) is 24.1. The molecule has 34 heavy (non-hydrogen) atoms. The Kier molecular flexibility index (Phi) is 6.93. The van der Waals surface area contributed by atoms with Crippen LogP contribution in [0.3, 0.4) is 0 Å². The average molecular weight is 484 g/mol. The van der Waals surface area contributed by atoms with Crippen molar-refractivity contribution < 1.29 is 22.7 Å². The minimum Gasteiger partial charge on any atom is -0.406 e. The molecule has 0 radical (unpaired) electrons. The van der Waals surface area contributed by atoms with Crippen molar-refractivity contribution in [2.75, 3.05) is 11.1 Å². The third-order valence-corrected chi connectivity index (χ3v) is 5.75. The van der Waals surface area contributed by atoms with Gasteiger partial charge in [-0.2, -0.15) is 0 Å². The first-order valence-corrected chi connectivity index (χ1v) is 11.3. The molecule has 0 spiro atoms. The van der Waals surface area contributed by atoms with Crippen LogP contribution in [0.4, 0.5) is 18.9 Å². The molecule has 0 saturated heterocycles. The van der Waals surface area contributed by atoms with Gasteiger partial charge in [0.25, 0.3) is 0 Å². The number of nitrogens with zero attached hydrogens (tertiary/aromatic N) is 2. The SMILES string of the molecule is Cc1ccc(NC(=O)CSc2ncc(-c3ccccc3)n2-c2ccc(OC(F)(F)F)cc2)cc1. The van der Waals surface area contributed by atoms with Crippen LogP contribution in [-0.2, 0) is 4.79 Å². The summed E-state index contributed by atoms with van der Waals surface area (Å²) >= 11 is 1.23. The molecule has 1 N–H and O–H groups in total. The third kappa shape index (κ3) is 5.99. The number of carbonyl (C=O) groups excluding carboxylic acids is 1. The molecule has 0 atom stereocenters. The number of halogens is 3. The van der Waals surface area contributed by atoms with Crippen LogP contribution >= 0.6 is 11.8 Å². The number of aromatic nitrogens is 2. The molecular weight excluding hydrogens is 463 g/mol. The first kappa shape index (κ1) is 23.4. The van der Waals surface area contributed by atoms with Gasteiger partial charge in [0.05, 0.1) is 17.6 Å². The molecule has 0 bridgehead atoms. The minimum absolute atomic E-state index is 0.106. The number of imidazole rings is 1. The summed E-state index contributed by atoms with van der Waals surface area (Å²) in [6.45, 7) is 1.97. The van der Waals surface area contributed by atoms with E-state index in [-0.39, 0.29) is 17.4 Å². The molecule has 1 amide bonds. The van der Waals surface area contributed by atoms with Crippen molar-refractivity contribution in [3.63, 3.8) is 0 Å². The Bertz CT molecular complexity index is 1260. The lowest BCUT2D eigenvalue weighted by atomic mass is 10.1. The number of carbonyl (C=O) groups is 1. The van der Waals surface area contributed by atoms with E-state index in [2.05, 4.69) is 15.0 Å². The zero-order valence-corrected chi connectivity index (χ0v) is 18.9. The number of hydrogen-bond acceptors (Lipinski definition) is 4. The van der Waals surface area contributed by atoms with Crippen LogP contribution in [0.2, 0.25) is 0 Å². The van der Waals surface area contributed by atoms with Gasteiger partial charge in [0.15, 0.2) is 5.16 Å². The van der Waals surface area contributed by atoms with Crippen LogP contribution < -0.4 is 10.1 Å². The minimum atomic E-state index is -4.77. The van der Waals surface area contributed by atoms with Crippen molar-refractivity contribution >= 4 is 23.4 Å². The van der Waals surface area contributed by atoms with Gasteiger partial charge >= 0.3 is 6.36 Å². The van der Waals surface area contributed by atoms with Gasteiger partial charge in [0.1, 0.15) is 5.75 Å². The van der Waals surface area contributed by atoms with Crippen LogP contribution in [-0.4, -0.2) is 27.6 Å². The van der Waals surface area contributed by atoms with E-state index >= 15 is 0 Å². The van der Waals surface area contributed by atoms with Gasteiger partial charge in [-0.05, 0) is 43.3 Å². The molecule has 0 unspecified atom stereocenters. The van der Waals surface area contributed by atoms with Gasteiger partial charge in [-0.15, -0.1) is 13.2 Å². The fraction of sp³-hybridized carbons (Fsp3) is 0.120. The second-order valence-corrected chi connectivity index (χ2v) is 8.31. The lowest BCUT2D eigenvalue weighted by molar-refractivity contribution is -0.274. The van der Waals surface area contributed by atoms with Crippen LogP contribution in [0.25, 0.3) is 16.9 Å². The smallest absolute Gasteiger partial charge is 0.406 e. The molecule has 0 aliphatic carbocycles. The van der Waals surface area contributed by atoms with E-state index < -0.39 is 6.36 Å². The summed E-state index contributed by atoms with van der Waals surface area (Å²) in [7, 11) is 0. The summed E-state index contributed by atoms with van der Waals surface area (Å²) in [5.41, 5.74) is 4.00. The lowest BCUT2D eigenvalue weighted by Gasteiger charge is -2.14. The number of thioether (sulfide) groups is 1. The number of amides is 1. The second kappa shape index (κ2) is 10.0. The normalized spacial score (nSPS) is 11.3. The van der Waals surface area contributed by atoms with Crippen molar-refractivity contribution in [2.45, 2.75) is 18.4 Å². The summed E-state index contributed by atoms with van der Waals surface area (Å²) in [5, 5.41) is 3.38. The van der Waals surface area contributed by atoms with Gasteiger partial charge in [-0.1, -0.05) is 59.8 Å². The van der Waals surface area contributed by atoms with E-state index in [1.165, 1.54) is 36.0 Å². The number of aryl methyl sites for hydroxylation is 1. The largest absolute Gasteiger partial charge is 0.573 e. The Balaban J connectivity index is 1.58. The number of rotatable bonds is 7. The Morgan fingerprint density at radius 2 is 1.68 bits per heavy atom. The number of benzene rings is 3. The standard InChI is InChI=1S/C25H20F3N3O2S/c1-17-7-9-19(10-8-17)30-23(32)16-34-24-29-15-22(18-5-3-2-4-6-18)31(24)20-11-13-21(14-12-20)33-25(26,27)28/h2-15H,16H2,1H3,(H,30,32). The zero-order valence-electron chi connectivity index (χ0n) is 18.0. The molecule has 174 valence electrons. The topological polar surface area (TPSA) is 56.2 Å². The summed E-state index contributed by atoms with van der Waals surface area (Å²) in [6, 6.07) is 22.5. The van der Waals surface area contributed by atoms with Gasteiger partial charge in [0.2, 0.25) is 5.91 Å². The summed E-state index contributed by atoms with van der Waals surface area (Å²) in [6.07, 6.45) is -3.09. The second-order valence-electron chi connectivity index (χ2n) is 7.37. The molecule has 5 nitrogen and oxygen atoms in total. The number of anilines is 1. The molecule has 0 aliphatic heterocycles. The van der Waals surface area contributed by atoms with Gasteiger partial charge < -0.3 is 10.1 Å². The quantitative estimate of drug-likeness (QED) is 0.306. The lowest BCUT2D eigenvalue weighted by Crippen LogP contribution is -2.17.